The van der Waals surface area contributed by atoms with E-state index in [0.717, 1.165) is 0 Å². The highest BCUT2D eigenvalue weighted by Crippen LogP contribution is 2.33. The second-order valence-electron chi connectivity index (χ2n) is 7.58. The fraction of sp³-hybridized carbons (Fsp3) is 0.364. The molecule has 1 saturated heterocycles. The maximum absolute atomic E-state index is 13.0. The summed E-state index contributed by atoms with van der Waals surface area (Å²) in [6.45, 7) is 2.68. The van der Waals surface area contributed by atoms with Crippen LogP contribution in [0.5, 0.6) is 17.2 Å². The molecule has 11 heteroatoms. The largest absolute Gasteiger partial charge is 0.486 e. The van der Waals surface area contributed by atoms with Crippen LogP contribution in [-0.4, -0.2) is 75.3 Å². The van der Waals surface area contributed by atoms with Gasteiger partial charge in [-0.1, -0.05) is 11.6 Å². The second kappa shape index (κ2) is 9.58. The molecule has 4 rings (SSSR count). The van der Waals surface area contributed by atoms with Gasteiger partial charge in [0.05, 0.1) is 10.5 Å². The van der Waals surface area contributed by atoms with Crippen molar-refractivity contribution in [1.29, 1.82) is 0 Å². The van der Waals surface area contributed by atoms with Gasteiger partial charge >= 0.3 is 0 Å². The number of fused-ring (bicyclic) bond motifs is 1. The van der Waals surface area contributed by atoms with Crippen molar-refractivity contribution in [2.75, 3.05) is 46.0 Å². The summed E-state index contributed by atoms with van der Waals surface area (Å²) in [5, 5.41) is 0.397. The Morgan fingerprint density at radius 1 is 1.00 bits per heavy atom. The number of amides is 1. The van der Waals surface area contributed by atoms with Crippen LogP contribution in [0.2, 0.25) is 5.02 Å². The molecule has 0 aromatic heterocycles. The van der Waals surface area contributed by atoms with Gasteiger partial charge in [0.1, 0.15) is 19.0 Å². The maximum atomic E-state index is 13.0. The van der Waals surface area contributed by atoms with E-state index in [1.54, 1.807) is 23.1 Å². The standard InChI is InChI=1S/C22H23ClN2O7S/c1-15(26)18-12-16(23)2-4-19(18)32-14-22(27)24-6-8-25(9-7-24)33(28,29)17-3-5-20-21(13-17)31-11-10-30-20/h2-5,12-13H,6-11,14H2,1H3. The van der Waals surface area contributed by atoms with Gasteiger partial charge in [0.25, 0.3) is 5.91 Å². The molecule has 2 aliphatic heterocycles. The lowest BCUT2D eigenvalue weighted by molar-refractivity contribution is -0.134. The Balaban J connectivity index is 1.36. The normalized spacial score (nSPS) is 16.4. The van der Waals surface area contributed by atoms with Crippen molar-refractivity contribution >= 4 is 33.3 Å². The van der Waals surface area contributed by atoms with Gasteiger partial charge < -0.3 is 19.1 Å². The fourth-order valence-electron chi connectivity index (χ4n) is 3.65. The lowest BCUT2D eigenvalue weighted by atomic mass is 10.1. The third-order valence-electron chi connectivity index (χ3n) is 5.41. The van der Waals surface area contributed by atoms with Crippen molar-refractivity contribution < 1.29 is 32.2 Å². The topological polar surface area (TPSA) is 102 Å². The van der Waals surface area contributed by atoms with Crippen molar-refractivity contribution in [3.8, 4) is 17.2 Å². The van der Waals surface area contributed by atoms with Gasteiger partial charge in [-0.15, -0.1) is 0 Å². The van der Waals surface area contributed by atoms with Crippen LogP contribution in [0, 0.1) is 0 Å². The van der Waals surface area contributed by atoms with Gasteiger partial charge in [0.15, 0.2) is 23.9 Å². The summed E-state index contributed by atoms with van der Waals surface area (Å²) in [5.74, 6) is 0.679. The molecule has 1 amide bonds. The molecule has 0 radical (unpaired) electrons. The molecular weight excluding hydrogens is 472 g/mol. The number of halogens is 1. The van der Waals surface area contributed by atoms with Gasteiger partial charge in [-0.2, -0.15) is 4.31 Å². The third-order valence-corrected chi connectivity index (χ3v) is 7.54. The zero-order chi connectivity index (χ0) is 23.6. The van der Waals surface area contributed by atoms with Gasteiger partial charge in [-0.05, 0) is 37.3 Å². The lowest BCUT2D eigenvalue weighted by Crippen LogP contribution is -2.51. The molecule has 2 aliphatic rings. The molecule has 2 heterocycles. The number of Topliss-reactive ketones (excluding diaryl/α,β-unsaturated/α-hetero) is 1. The van der Waals surface area contributed by atoms with Crippen LogP contribution < -0.4 is 14.2 Å². The Morgan fingerprint density at radius 2 is 1.70 bits per heavy atom. The number of rotatable bonds is 6. The van der Waals surface area contributed by atoms with Crippen LogP contribution in [-0.2, 0) is 14.8 Å². The van der Waals surface area contributed by atoms with E-state index in [0.29, 0.717) is 35.3 Å². The van der Waals surface area contributed by atoms with E-state index in [4.69, 9.17) is 25.8 Å². The summed E-state index contributed by atoms with van der Waals surface area (Å²) >= 11 is 5.93. The predicted octanol–water partition coefficient (Wildman–Crippen LogP) is 2.23. The summed E-state index contributed by atoms with van der Waals surface area (Å²) in [6.07, 6.45) is 0. The fourth-order valence-corrected chi connectivity index (χ4v) is 5.26. The molecule has 1 fully saturated rings. The summed E-state index contributed by atoms with van der Waals surface area (Å²) in [4.78, 5) is 26.0. The monoisotopic (exact) mass is 494 g/mol. The number of carbonyl (C=O) groups excluding carboxylic acids is 2. The van der Waals surface area contributed by atoms with Crippen molar-refractivity contribution in [1.82, 2.24) is 9.21 Å². The molecule has 0 saturated carbocycles. The average Bonchev–Trinajstić information content (AvgIpc) is 2.82. The molecule has 0 spiro atoms. The Bertz CT molecular complexity index is 1180. The second-order valence-corrected chi connectivity index (χ2v) is 9.95. The van der Waals surface area contributed by atoms with E-state index < -0.39 is 10.0 Å². The van der Waals surface area contributed by atoms with Crippen LogP contribution >= 0.6 is 11.6 Å². The Hall–Kier alpha value is -2.82. The molecule has 0 aliphatic carbocycles. The smallest absolute Gasteiger partial charge is 0.260 e. The molecule has 176 valence electrons. The molecule has 0 atom stereocenters. The highest BCUT2D eigenvalue weighted by molar-refractivity contribution is 7.89. The van der Waals surface area contributed by atoms with E-state index in [-0.39, 0.29) is 55.1 Å². The molecule has 33 heavy (non-hydrogen) atoms. The SMILES string of the molecule is CC(=O)c1cc(Cl)ccc1OCC(=O)N1CCN(S(=O)(=O)c2ccc3c(c2)OCCO3)CC1. The number of piperazine rings is 1. The minimum absolute atomic E-state index is 0.120. The molecule has 2 aromatic rings. The van der Waals surface area contributed by atoms with Gasteiger partial charge in [0.2, 0.25) is 10.0 Å². The van der Waals surface area contributed by atoms with Crippen molar-refractivity contribution in [2.45, 2.75) is 11.8 Å². The van der Waals surface area contributed by atoms with Gasteiger partial charge in [-0.3, -0.25) is 9.59 Å². The number of ether oxygens (including phenoxy) is 3. The number of sulfonamides is 1. The lowest BCUT2D eigenvalue weighted by Gasteiger charge is -2.34. The quantitative estimate of drug-likeness (QED) is 0.567. The summed E-state index contributed by atoms with van der Waals surface area (Å²) in [5.41, 5.74) is 0.297. The van der Waals surface area contributed by atoms with Crippen molar-refractivity contribution in [2.24, 2.45) is 0 Å². The first-order valence-corrected chi connectivity index (χ1v) is 12.2. The van der Waals surface area contributed by atoms with E-state index in [1.165, 1.54) is 29.4 Å². The molecule has 0 unspecified atom stereocenters. The molecule has 0 bridgehead atoms. The van der Waals surface area contributed by atoms with Crippen molar-refractivity contribution in [3.05, 3.63) is 47.0 Å². The van der Waals surface area contributed by atoms with Crippen molar-refractivity contribution in [3.63, 3.8) is 0 Å². The summed E-state index contributed by atoms with van der Waals surface area (Å²) < 4.78 is 43.9. The van der Waals surface area contributed by atoms with Gasteiger partial charge in [-0.25, -0.2) is 8.42 Å². The van der Waals surface area contributed by atoms with Gasteiger partial charge in [0, 0.05) is 37.3 Å². The number of carbonyl (C=O) groups is 2. The molecule has 2 aromatic carbocycles. The number of nitrogens with zero attached hydrogens (tertiary/aromatic N) is 2. The predicted molar refractivity (Wildman–Crippen MR) is 120 cm³/mol. The Morgan fingerprint density at radius 3 is 2.39 bits per heavy atom. The minimum atomic E-state index is -3.74. The van der Waals surface area contributed by atoms with Crippen LogP contribution in [0.25, 0.3) is 0 Å². The minimum Gasteiger partial charge on any atom is -0.486 e. The summed E-state index contributed by atoms with van der Waals surface area (Å²) in [6, 6.07) is 9.16. The van der Waals surface area contributed by atoms with E-state index in [1.807, 2.05) is 0 Å². The number of hydrogen-bond donors (Lipinski definition) is 0. The maximum Gasteiger partial charge on any atom is 0.260 e. The van der Waals surface area contributed by atoms with Crippen LogP contribution in [0.1, 0.15) is 17.3 Å². The number of hydrogen-bond acceptors (Lipinski definition) is 7. The van der Waals surface area contributed by atoms with Crippen LogP contribution in [0.3, 0.4) is 0 Å². The first-order chi connectivity index (χ1) is 15.8. The highest BCUT2D eigenvalue weighted by Gasteiger charge is 2.31. The van der Waals surface area contributed by atoms with Crippen LogP contribution in [0.15, 0.2) is 41.3 Å². The third kappa shape index (κ3) is 5.07. The van der Waals surface area contributed by atoms with Crippen LogP contribution in [0.4, 0.5) is 0 Å². The zero-order valence-corrected chi connectivity index (χ0v) is 19.5. The van der Waals surface area contributed by atoms with E-state index >= 15 is 0 Å². The number of benzene rings is 2. The molecule has 9 nitrogen and oxygen atoms in total. The Kier molecular flexibility index (Phi) is 6.78. The first-order valence-electron chi connectivity index (χ1n) is 10.4. The highest BCUT2D eigenvalue weighted by atomic mass is 35.5. The summed E-state index contributed by atoms with van der Waals surface area (Å²) in [7, 11) is -3.74. The average molecular weight is 495 g/mol. The van der Waals surface area contributed by atoms with E-state index in [2.05, 4.69) is 0 Å². The zero-order valence-electron chi connectivity index (χ0n) is 18.0. The first kappa shape index (κ1) is 23.3. The Labute approximate surface area is 196 Å². The molecular formula is C22H23ClN2O7S. The van der Waals surface area contributed by atoms with E-state index in [9.17, 15) is 18.0 Å². The molecule has 0 N–H and O–H groups in total. The number of ketones is 1.